The van der Waals surface area contributed by atoms with Crippen LogP contribution in [-0.2, 0) is 16.5 Å². The Labute approximate surface area is 368 Å². The molecule has 0 nitrogen and oxygen atoms in total. The van der Waals surface area contributed by atoms with Crippen molar-refractivity contribution in [2.75, 3.05) is 24.6 Å². The molecule has 0 saturated heterocycles. The molecule has 0 atom stereocenters. The molecule has 59 heavy (non-hydrogen) atoms. The second kappa shape index (κ2) is 24.9. The van der Waals surface area contributed by atoms with Crippen molar-refractivity contribution < 1.29 is 16.5 Å². The van der Waals surface area contributed by atoms with Crippen LogP contribution < -0.4 is 42.4 Å². The second-order valence-electron chi connectivity index (χ2n) is 14.0. The molecule has 0 aromatic heterocycles. The van der Waals surface area contributed by atoms with Crippen LogP contribution in [0.3, 0.4) is 0 Å². The average molecular weight is 884 g/mol. The van der Waals surface area contributed by atoms with Gasteiger partial charge in [0.15, 0.2) is 0 Å². The van der Waals surface area contributed by atoms with Gasteiger partial charge in [0.05, 0.1) is 0 Å². The van der Waals surface area contributed by atoms with Gasteiger partial charge in [-0.1, -0.05) is 243 Å². The second-order valence-corrected chi connectivity index (χ2v) is 23.3. The van der Waals surface area contributed by atoms with Crippen LogP contribution in [0.2, 0.25) is 0 Å². The third-order valence-electron chi connectivity index (χ3n) is 10.1. The number of benzene rings is 8. The largest absolute Gasteiger partial charge is 2.00 e. The standard InChI is InChI=1S/2C27H26P2.Ni/c2*1-5-14-24(15-6-1)28(25-16-7-2-8-17-25)22-13-23-29(26-18-9-3-10-19-26)27-20-11-4-12-21-27;/h2*1-12,14-21H,13,22-23H2;/q;;+2. The minimum Gasteiger partial charge on any atom is -0.0622 e. The van der Waals surface area contributed by atoms with E-state index in [-0.39, 0.29) is 48.2 Å². The van der Waals surface area contributed by atoms with Gasteiger partial charge in [-0.15, -0.1) is 0 Å². The molecule has 296 valence electrons. The van der Waals surface area contributed by atoms with Gasteiger partial charge in [-0.2, -0.15) is 0 Å². The van der Waals surface area contributed by atoms with Crippen LogP contribution >= 0.6 is 31.7 Å². The van der Waals surface area contributed by atoms with E-state index < -0.39 is 0 Å². The molecule has 0 fully saturated rings. The molecule has 0 radical (unpaired) electrons. The molecule has 0 aliphatic heterocycles. The quantitative estimate of drug-likeness (QED) is 0.0670. The van der Waals surface area contributed by atoms with Crippen LogP contribution in [0.5, 0.6) is 0 Å². The number of rotatable bonds is 16. The minimum absolute atomic E-state index is 0. The van der Waals surface area contributed by atoms with Crippen LogP contribution in [0, 0.1) is 0 Å². The molecule has 5 heteroatoms. The van der Waals surface area contributed by atoms with Crippen LogP contribution in [0.25, 0.3) is 0 Å². The fourth-order valence-corrected chi connectivity index (χ4v) is 17.2. The van der Waals surface area contributed by atoms with E-state index in [2.05, 4.69) is 243 Å². The zero-order chi connectivity index (χ0) is 39.5. The summed E-state index contributed by atoms with van der Waals surface area (Å²) in [5, 5.41) is 11.9. The normalized spacial score (nSPS) is 10.9. The van der Waals surface area contributed by atoms with Gasteiger partial charge in [-0.25, -0.2) is 0 Å². The van der Waals surface area contributed by atoms with Crippen LogP contribution in [0.1, 0.15) is 12.8 Å². The van der Waals surface area contributed by atoms with Crippen molar-refractivity contribution in [2.45, 2.75) is 12.8 Å². The molecule has 8 aromatic rings. The smallest absolute Gasteiger partial charge is 0.0622 e. The van der Waals surface area contributed by atoms with Crippen molar-refractivity contribution >= 4 is 74.1 Å². The van der Waals surface area contributed by atoms with Gasteiger partial charge < -0.3 is 0 Å². The SMILES string of the molecule is [Ni+2].c1ccc(P(CCCP(c2ccccc2)c2ccccc2)c2ccccc2)cc1.c1ccc(P(CCCP(c2ccccc2)c2ccccc2)c2ccccc2)cc1. The van der Waals surface area contributed by atoms with Crippen LogP contribution in [-0.4, -0.2) is 24.6 Å². The predicted octanol–water partition coefficient (Wildman–Crippen LogP) is 11.3. The first-order chi connectivity index (χ1) is 28.8. The van der Waals surface area contributed by atoms with Gasteiger partial charge >= 0.3 is 16.5 Å². The van der Waals surface area contributed by atoms with Crippen molar-refractivity contribution in [3.63, 3.8) is 0 Å². The molecule has 0 bridgehead atoms. The summed E-state index contributed by atoms with van der Waals surface area (Å²) in [4.78, 5) is 0. The summed E-state index contributed by atoms with van der Waals surface area (Å²) in [5.41, 5.74) is 0. The summed E-state index contributed by atoms with van der Waals surface area (Å²) >= 11 is 0. The summed E-state index contributed by atoms with van der Waals surface area (Å²) in [6.07, 6.45) is 7.43. The van der Waals surface area contributed by atoms with Crippen molar-refractivity contribution in [3.05, 3.63) is 243 Å². The summed E-state index contributed by atoms with van der Waals surface area (Å²) in [6.45, 7) is 0. The van der Waals surface area contributed by atoms with Gasteiger partial charge in [0.2, 0.25) is 0 Å². The van der Waals surface area contributed by atoms with E-state index in [1.54, 1.807) is 0 Å². The molecule has 0 aliphatic carbocycles. The van der Waals surface area contributed by atoms with Gasteiger partial charge in [-0.3, -0.25) is 0 Å². The maximum absolute atomic E-state index is 2.30. The molecule has 8 rings (SSSR count). The zero-order valence-corrected chi connectivity index (χ0v) is 38.0. The van der Waals surface area contributed by atoms with Crippen molar-refractivity contribution in [1.29, 1.82) is 0 Å². The van der Waals surface area contributed by atoms with Crippen molar-refractivity contribution in [3.8, 4) is 0 Å². The van der Waals surface area contributed by atoms with Crippen molar-refractivity contribution in [1.82, 2.24) is 0 Å². The van der Waals surface area contributed by atoms with Crippen LogP contribution in [0.15, 0.2) is 243 Å². The zero-order valence-electron chi connectivity index (χ0n) is 33.4. The maximum atomic E-state index is 2.30. The first kappa shape index (κ1) is 44.5. The number of hydrogen-bond donors (Lipinski definition) is 0. The van der Waals surface area contributed by atoms with Crippen molar-refractivity contribution in [2.24, 2.45) is 0 Å². The monoisotopic (exact) mass is 882 g/mol. The third-order valence-corrected chi connectivity index (χ3v) is 20.5. The average Bonchev–Trinajstić information content (AvgIpc) is 3.32. The Morgan fingerprint density at radius 2 is 0.305 bits per heavy atom. The van der Waals surface area contributed by atoms with E-state index in [9.17, 15) is 0 Å². The molecule has 0 aliphatic rings. The molecule has 0 N–H and O–H groups in total. The Bertz CT molecular complexity index is 1790. The molecular formula is C54H52NiP4+2. The van der Waals surface area contributed by atoms with Gasteiger partial charge in [-0.05, 0) is 112 Å². The van der Waals surface area contributed by atoms with E-state index in [1.165, 1.54) is 79.9 Å². The number of hydrogen-bond acceptors (Lipinski definition) is 0. The van der Waals surface area contributed by atoms with E-state index in [4.69, 9.17) is 0 Å². The predicted molar refractivity (Wildman–Crippen MR) is 265 cm³/mol. The molecule has 8 aromatic carbocycles. The Morgan fingerprint density at radius 3 is 0.424 bits per heavy atom. The molecule has 0 heterocycles. The maximum Gasteiger partial charge on any atom is 2.00 e. The van der Waals surface area contributed by atoms with Crippen LogP contribution in [0.4, 0.5) is 0 Å². The molecule has 0 unspecified atom stereocenters. The van der Waals surface area contributed by atoms with E-state index in [0.29, 0.717) is 0 Å². The fraction of sp³-hybridized carbons (Fsp3) is 0.111. The van der Waals surface area contributed by atoms with Gasteiger partial charge in [0.1, 0.15) is 0 Å². The Hall–Kier alpha value is -4.03. The molecular weight excluding hydrogens is 831 g/mol. The van der Waals surface area contributed by atoms with Gasteiger partial charge in [0.25, 0.3) is 0 Å². The summed E-state index contributed by atoms with van der Waals surface area (Å²) < 4.78 is 0. The topological polar surface area (TPSA) is 0 Å². The van der Waals surface area contributed by atoms with E-state index in [1.807, 2.05) is 0 Å². The Kier molecular flexibility index (Phi) is 18.8. The summed E-state index contributed by atoms with van der Waals surface area (Å²) in [6, 6.07) is 88.6. The Balaban J connectivity index is 0.000000195. The van der Waals surface area contributed by atoms with E-state index >= 15 is 0 Å². The molecule has 0 saturated carbocycles. The summed E-state index contributed by atoms with van der Waals surface area (Å²) in [7, 11) is -1.24. The fourth-order valence-electron chi connectivity index (χ4n) is 7.27. The first-order valence-corrected chi connectivity index (χ1v) is 26.4. The molecule has 0 spiro atoms. The summed E-state index contributed by atoms with van der Waals surface area (Å²) in [5.74, 6) is 0. The Morgan fingerprint density at radius 1 is 0.186 bits per heavy atom. The van der Waals surface area contributed by atoms with E-state index in [0.717, 1.165) is 0 Å². The van der Waals surface area contributed by atoms with Gasteiger partial charge in [0, 0.05) is 0 Å². The molecule has 0 amide bonds. The third kappa shape index (κ3) is 13.5. The first-order valence-electron chi connectivity index (χ1n) is 20.3. The minimum atomic E-state index is -0.309.